The maximum atomic E-state index is 3.34. The van der Waals surface area contributed by atoms with Crippen molar-refractivity contribution in [3.05, 3.63) is 35.5 Å². The number of aromatic amines is 1. The first-order chi connectivity index (χ1) is 7.09. The Hall–Kier alpha value is -1.24. The second kappa shape index (κ2) is 3.73. The molecule has 0 aliphatic carbocycles. The highest BCUT2D eigenvalue weighted by molar-refractivity contribution is 5.84. The van der Waals surface area contributed by atoms with Gasteiger partial charge in [-0.25, -0.2) is 0 Å². The Morgan fingerprint density at radius 2 is 1.80 bits per heavy atom. The van der Waals surface area contributed by atoms with Gasteiger partial charge < -0.3 is 4.98 Å². The summed E-state index contributed by atoms with van der Waals surface area (Å²) in [6, 6.07) is 6.73. The van der Waals surface area contributed by atoms with Crippen LogP contribution in [0.15, 0.2) is 24.4 Å². The molecule has 0 saturated heterocycles. The molecule has 82 valence electrons. The minimum Gasteiger partial charge on any atom is -0.361 e. The average molecular weight is 203 g/mol. The first-order valence-electron chi connectivity index (χ1n) is 5.70. The molecule has 2 aromatic rings. The van der Waals surface area contributed by atoms with E-state index in [-0.39, 0.29) is 1.43 Å². The maximum absolute atomic E-state index is 3.34. The summed E-state index contributed by atoms with van der Waals surface area (Å²) in [5.74, 6) is 1.19. The van der Waals surface area contributed by atoms with E-state index in [1.165, 1.54) is 22.0 Å². The van der Waals surface area contributed by atoms with Crippen molar-refractivity contribution in [1.82, 2.24) is 4.98 Å². The highest BCUT2D eigenvalue weighted by Gasteiger charge is 2.08. The standard InChI is InChI=1S/C14H19N.H2/c1-9(2)11-5-6-14-12(7-11)13(8-15-14)10(3)4;/h5-10,15H,1-4H3;1H. The second-order valence-electron chi connectivity index (χ2n) is 4.86. The molecule has 2 rings (SSSR count). The van der Waals surface area contributed by atoms with E-state index in [9.17, 15) is 0 Å². The molecule has 0 aliphatic rings. The first kappa shape index (κ1) is 10.3. The van der Waals surface area contributed by atoms with E-state index in [1.54, 1.807) is 0 Å². The normalized spacial score (nSPS) is 11.9. The molecule has 1 heteroatoms. The monoisotopic (exact) mass is 203 g/mol. The summed E-state index contributed by atoms with van der Waals surface area (Å²) < 4.78 is 0. The van der Waals surface area contributed by atoms with Gasteiger partial charge in [-0.2, -0.15) is 0 Å². The van der Waals surface area contributed by atoms with Gasteiger partial charge in [0.25, 0.3) is 0 Å². The van der Waals surface area contributed by atoms with Crippen molar-refractivity contribution in [2.45, 2.75) is 39.5 Å². The lowest BCUT2D eigenvalue weighted by Crippen LogP contribution is -1.88. The Bertz CT molecular complexity index is 469. The van der Waals surface area contributed by atoms with Crippen LogP contribution in [0.2, 0.25) is 0 Å². The predicted octanol–water partition coefficient (Wildman–Crippen LogP) is 4.66. The maximum Gasteiger partial charge on any atom is 0.0457 e. The van der Waals surface area contributed by atoms with Gasteiger partial charge in [-0.3, -0.25) is 0 Å². The van der Waals surface area contributed by atoms with Crippen LogP contribution >= 0.6 is 0 Å². The zero-order valence-corrected chi connectivity index (χ0v) is 9.96. The number of hydrogen-bond acceptors (Lipinski definition) is 0. The molecule has 0 spiro atoms. The molecule has 1 N–H and O–H groups in total. The molecular weight excluding hydrogens is 182 g/mol. The van der Waals surface area contributed by atoms with Crippen molar-refractivity contribution in [1.29, 1.82) is 0 Å². The molecule has 1 aromatic carbocycles. The molecule has 0 radical (unpaired) electrons. The lowest BCUT2D eigenvalue weighted by molar-refractivity contribution is 0.863. The smallest absolute Gasteiger partial charge is 0.0457 e. The Labute approximate surface area is 93.0 Å². The van der Waals surface area contributed by atoms with Crippen LogP contribution in [0.1, 0.15) is 52.1 Å². The van der Waals surface area contributed by atoms with E-state index in [0.717, 1.165) is 0 Å². The van der Waals surface area contributed by atoms with E-state index in [4.69, 9.17) is 0 Å². The van der Waals surface area contributed by atoms with Crippen LogP contribution in [0.3, 0.4) is 0 Å². The van der Waals surface area contributed by atoms with E-state index in [1.807, 2.05) is 0 Å². The van der Waals surface area contributed by atoms with Crippen LogP contribution in [0.5, 0.6) is 0 Å². The van der Waals surface area contributed by atoms with Crippen molar-refractivity contribution in [2.75, 3.05) is 0 Å². The largest absolute Gasteiger partial charge is 0.361 e. The van der Waals surface area contributed by atoms with Gasteiger partial charge in [-0.1, -0.05) is 33.8 Å². The minimum absolute atomic E-state index is 0. The van der Waals surface area contributed by atoms with Crippen LogP contribution < -0.4 is 0 Å². The fraction of sp³-hybridized carbons (Fsp3) is 0.429. The molecule has 0 atom stereocenters. The molecule has 1 heterocycles. The molecule has 0 unspecified atom stereocenters. The van der Waals surface area contributed by atoms with Crippen molar-refractivity contribution in [2.24, 2.45) is 0 Å². The fourth-order valence-corrected chi connectivity index (χ4v) is 2.00. The van der Waals surface area contributed by atoms with E-state index >= 15 is 0 Å². The summed E-state index contributed by atoms with van der Waals surface area (Å²) in [7, 11) is 0. The van der Waals surface area contributed by atoms with Crippen LogP contribution in [0, 0.1) is 0 Å². The van der Waals surface area contributed by atoms with Crippen LogP contribution in [0.25, 0.3) is 10.9 Å². The molecule has 0 bridgehead atoms. The first-order valence-corrected chi connectivity index (χ1v) is 5.70. The van der Waals surface area contributed by atoms with Crippen molar-refractivity contribution in [3.8, 4) is 0 Å². The molecular formula is C14H21N. The molecule has 1 nitrogen and oxygen atoms in total. The Morgan fingerprint density at radius 1 is 1.07 bits per heavy atom. The topological polar surface area (TPSA) is 15.8 Å². The summed E-state index contributed by atoms with van der Waals surface area (Å²) in [6.07, 6.45) is 2.14. The van der Waals surface area contributed by atoms with E-state index in [0.29, 0.717) is 11.8 Å². The van der Waals surface area contributed by atoms with Crippen molar-refractivity contribution in [3.63, 3.8) is 0 Å². The number of H-pyrrole nitrogens is 1. The molecule has 15 heavy (non-hydrogen) atoms. The number of rotatable bonds is 2. The van der Waals surface area contributed by atoms with Crippen LogP contribution in [-0.2, 0) is 0 Å². The number of fused-ring (bicyclic) bond motifs is 1. The second-order valence-corrected chi connectivity index (χ2v) is 4.86. The minimum atomic E-state index is 0. The Balaban J connectivity index is 0.00000128. The zero-order chi connectivity index (χ0) is 11.0. The van der Waals surface area contributed by atoms with Crippen LogP contribution in [0.4, 0.5) is 0 Å². The Morgan fingerprint density at radius 3 is 2.40 bits per heavy atom. The summed E-state index contributed by atoms with van der Waals surface area (Å²) in [4.78, 5) is 3.34. The highest BCUT2D eigenvalue weighted by atomic mass is 14.7. The summed E-state index contributed by atoms with van der Waals surface area (Å²) >= 11 is 0. The van der Waals surface area contributed by atoms with E-state index < -0.39 is 0 Å². The number of benzene rings is 1. The highest BCUT2D eigenvalue weighted by Crippen LogP contribution is 2.28. The number of nitrogens with one attached hydrogen (secondary N) is 1. The van der Waals surface area contributed by atoms with Gasteiger partial charge in [-0.05, 0) is 35.1 Å². The third kappa shape index (κ3) is 1.79. The lowest BCUT2D eigenvalue weighted by atomic mass is 9.97. The third-order valence-corrected chi connectivity index (χ3v) is 3.03. The molecule has 0 saturated carbocycles. The zero-order valence-electron chi connectivity index (χ0n) is 9.96. The van der Waals surface area contributed by atoms with Gasteiger partial charge >= 0.3 is 0 Å². The number of hydrogen-bond donors (Lipinski definition) is 1. The quantitative estimate of drug-likeness (QED) is 0.730. The lowest BCUT2D eigenvalue weighted by Gasteiger charge is -2.07. The fourth-order valence-electron chi connectivity index (χ4n) is 2.00. The van der Waals surface area contributed by atoms with Gasteiger partial charge in [-0.15, -0.1) is 0 Å². The van der Waals surface area contributed by atoms with Gasteiger partial charge in [0, 0.05) is 18.5 Å². The Kier molecular flexibility index (Phi) is 2.56. The average Bonchev–Trinajstić information content (AvgIpc) is 2.59. The van der Waals surface area contributed by atoms with Crippen molar-refractivity contribution < 1.29 is 1.43 Å². The summed E-state index contributed by atoms with van der Waals surface area (Å²) in [5, 5.41) is 1.39. The van der Waals surface area contributed by atoms with Gasteiger partial charge in [0.15, 0.2) is 0 Å². The van der Waals surface area contributed by atoms with E-state index in [2.05, 4.69) is 57.1 Å². The molecule has 0 aliphatic heterocycles. The summed E-state index contributed by atoms with van der Waals surface area (Å²) in [6.45, 7) is 8.96. The summed E-state index contributed by atoms with van der Waals surface area (Å²) in [5.41, 5.74) is 4.10. The molecule has 1 aromatic heterocycles. The van der Waals surface area contributed by atoms with Gasteiger partial charge in [0.05, 0.1) is 0 Å². The SMILES string of the molecule is CC(C)c1ccc2[nH]cc(C(C)C)c2c1.[HH]. The van der Waals surface area contributed by atoms with Crippen molar-refractivity contribution >= 4 is 10.9 Å². The predicted molar refractivity (Wildman–Crippen MR) is 68.6 cm³/mol. The van der Waals surface area contributed by atoms with Gasteiger partial charge in [0.1, 0.15) is 0 Å². The third-order valence-electron chi connectivity index (χ3n) is 3.03. The van der Waals surface area contributed by atoms with Gasteiger partial charge in [0.2, 0.25) is 0 Å². The molecule has 0 fully saturated rings. The molecule has 0 amide bonds. The number of aromatic nitrogens is 1. The van der Waals surface area contributed by atoms with Crippen LogP contribution in [-0.4, -0.2) is 4.98 Å².